The van der Waals surface area contributed by atoms with Crippen molar-refractivity contribution in [1.29, 1.82) is 0 Å². The molecule has 0 amide bonds. The Kier molecular flexibility index (Phi) is 4.13. The van der Waals surface area contributed by atoms with E-state index >= 15 is 0 Å². The van der Waals surface area contributed by atoms with E-state index in [0.717, 1.165) is 10.9 Å². The first kappa shape index (κ1) is 11.7. The van der Waals surface area contributed by atoms with Gasteiger partial charge in [0.05, 0.1) is 22.5 Å². The number of aromatic nitrogens is 2. The molecule has 1 aromatic heterocycles. The zero-order chi connectivity index (χ0) is 10.7. The molecule has 0 saturated heterocycles. The molecule has 1 rings (SSSR count). The Labute approximate surface area is 93.6 Å². The molecule has 1 atom stereocenters. The van der Waals surface area contributed by atoms with Crippen LogP contribution in [-0.2, 0) is 11.2 Å². The highest BCUT2D eigenvalue weighted by molar-refractivity contribution is 9.10. The highest BCUT2D eigenvalue weighted by atomic mass is 79.9. The van der Waals surface area contributed by atoms with Gasteiger partial charge in [0, 0.05) is 19.6 Å². The lowest BCUT2D eigenvalue weighted by molar-refractivity contribution is 0.116. The van der Waals surface area contributed by atoms with Crippen molar-refractivity contribution in [3.05, 3.63) is 16.4 Å². The van der Waals surface area contributed by atoms with Crippen LogP contribution in [0.3, 0.4) is 0 Å². The third-order valence-corrected chi connectivity index (χ3v) is 2.88. The van der Waals surface area contributed by atoms with E-state index in [0.29, 0.717) is 6.04 Å². The van der Waals surface area contributed by atoms with Crippen molar-refractivity contribution >= 4 is 15.9 Å². The summed E-state index contributed by atoms with van der Waals surface area (Å²) in [5.74, 6) is 0. The molecule has 1 heterocycles. The van der Waals surface area contributed by atoms with Gasteiger partial charge in [-0.3, -0.25) is 4.68 Å². The molecule has 0 saturated carbocycles. The predicted molar refractivity (Wildman–Crippen MR) is 60.5 cm³/mol. The summed E-state index contributed by atoms with van der Waals surface area (Å²) in [5, 5.41) is 4.32. The first-order valence-corrected chi connectivity index (χ1v) is 5.60. The maximum Gasteiger partial charge on any atom is 0.0635 e. The van der Waals surface area contributed by atoms with Gasteiger partial charge in [0.25, 0.3) is 0 Å². The van der Waals surface area contributed by atoms with E-state index in [2.05, 4.69) is 41.8 Å². The quantitative estimate of drug-likeness (QED) is 0.833. The Bertz CT molecular complexity index is 296. The lowest BCUT2D eigenvalue weighted by Gasteiger charge is -2.14. The van der Waals surface area contributed by atoms with Gasteiger partial charge in [-0.25, -0.2) is 0 Å². The summed E-state index contributed by atoms with van der Waals surface area (Å²) in [6.45, 7) is 6.31. The van der Waals surface area contributed by atoms with E-state index in [-0.39, 0.29) is 6.10 Å². The zero-order valence-corrected chi connectivity index (χ0v) is 10.7. The molecule has 1 unspecified atom stereocenters. The van der Waals surface area contributed by atoms with Gasteiger partial charge < -0.3 is 4.74 Å². The Morgan fingerprint density at radius 2 is 2.14 bits per heavy atom. The predicted octanol–water partition coefficient (Wildman–Crippen LogP) is 2.80. The minimum absolute atomic E-state index is 0.223. The maximum atomic E-state index is 5.25. The van der Waals surface area contributed by atoms with Gasteiger partial charge in [-0.2, -0.15) is 5.10 Å². The number of rotatable bonds is 4. The normalized spacial score (nSPS) is 13.6. The second kappa shape index (κ2) is 4.94. The molecule has 0 bridgehead atoms. The van der Waals surface area contributed by atoms with Gasteiger partial charge in [0.1, 0.15) is 0 Å². The van der Waals surface area contributed by atoms with Crippen LogP contribution in [0.25, 0.3) is 0 Å². The Hall–Kier alpha value is -0.350. The summed E-state index contributed by atoms with van der Waals surface area (Å²) in [6.07, 6.45) is 2.95. The molecule has 0 N–H and O–H groups in total. The third-order valence-electron chi connectivity index (χ3n) is 2.22. The zero-order valence-electron chi connectivity index (χ0n) is 9.12. The molecule has 4 heteroatoms. The smallest absolute Gasteiger partial charge is 0.0635 e. The van der Waals surface area contributed by atoms with Crippen molar-refractivity contribution in [3.63, 3.8) is 0 Å². The number of hydrogen-bond acceptors (Lipinski definition) is 2. The molecule has 0 aliphatic rings. The van der Waals surface area contributed by atoms with Gasteiger partial charge >= 0.3 is 0 Å². The summed E-state index contributed by atoms with van der Waals surface area (Å²) in [6, 6.07) is 0.389. The van der Waals surface area contributed by atoms with E-state index in [1.807, 2.05) is 10.9 Å². The average molecular weight is 261 g/mol. The Balaban J connectivity index is 2.88. The largest absolute Gasteiger partial charge is 0.381 e. The number of hydrogen-bond donors (Lipinski definition) is 0. The Morgan fingerprint density at radius 3 is 2.64 bits per heavy atom. The SMILES string of the molecule is COC(C)Cc1c(Br)cnn1C(C)C. The highest BCUT2D eigenvalue weighted by Gasteiger charge is 2.13. The average Bonchev–Trinajstić information content (AvgIpc) is 2.48. The van der Waals surface area contributed by atoms with Crippen LogP contribution >= 0.6 is 15.9 Å². The number of halogens is 1. The van der Waals surface area contributed by atoms with Crippen LogP contribution in [0.4, 0.5) is 0 Å². The fourth-order valence-corrected chi connectivity index (χ4v) is 1.79. The molecule has 0 spiro atoms. The molecule has 0 aliphatic carbocycles. The molecule has 0 aliphatic heterocycles. The van der Waals surface area contributed by atoms with E-state index in [1.165, 1.54) is 5.69 Å². The van der Waals surface area contributed by atoms with Gasteiger partial charge in [-0.05, 0) is 36.7 Å². The van der Waals surface area contributed by atoms with Crippen molar-refractivity contribution in [2.75, 3.05) is 7.11 Å². The summed E-state index contributed by atoms with van der Waals surface area (Å²) in [5.41, 5.74) is 1.20. The number of nitrogens with zero attached hydrogens (tertiary/aromatic N) is 2. The van der Waals surface area contributed by atoms with E-state index in [9.17, 15) is 0 Å². The molecule has 0 aromatic carbocycles. The third kappa shape index (κ3) is 2.58. The van der Waals surface area contributed by atoms with Crippen LogP contribution in [0.1, 0.15) is 32.5 Å². The molecule has 80 valence electrons. The summed E-state index contributed by atoms with van der Waals surface area (Å²) in [4.78, 5) is 0. The van der Waals surface area contributed by atoms with Crippen LogP contribution in [0.15, 0.2) is 10.7 Å². The van der Waals surface area contributed by atoms with E-state index < -0.39 is 0 Å². The standard InChI is InChI=1S/C10H17BrN2O/c1-7(2)13-10(5-8(3)14-4)9(11)6-12-13/h6-8H,5H2,1-4H3. The molecular weight excluding hydrogens is 244 g/mol. The summed E-state index contributed by atoms with van der Waals surface area (Å²) in [7, 11) is 1.73. The Morgan fingerprint density at radius 1 is 1.50 bits per heavy atom. The lowest BCUT2D eigenvalue weighted by atomic mass is 10.2. The molecule has 1 aromatic rings. The van der Waals surface area contributed by atoms with Crippen LogP contribution in [0.5, 0.6) is 0 Å². The van der Waals surface area contributed by atoms with Crippen LogP contribution in [0, 0.1) is 0 Å². The monoisotopic (exact) mass is 260 g/mol. The molecule has 14 heavy (non-hydrogen) atoms. The van der Waals surface area contributed by atoms with Crippen molar-refractivity contribution in [2.45, 2.75) is 39.3 Å². The van der Waals surface area contributed by atoms with Crippen molar-refractivity contribution in [1.82, 2.24) is 9.78 Å². The van der Waals surface area contributed by atoms with Crippen molar-refractivity contribution in [2.24, 2.45) is 0 Å². The van der Waals surface area contributed by atoms with E-state index in [1.54, 1.807) is 7.11 Å². The fourth-order valence-electron chi connectivity index (χ4n) is 1.36. The number of ether oxygens (including phenoxy) is 1. The van der Waals surface area contributed by atoms with Gasteiger partial charge in [-0.15, -0.1) is 0 Å². The van der Waals surface area contributed by atoms with Gasteiger partial charge in [0.2, 0.25) is 0 Å². The number of methoxy groups -OCH3 is 1. The lowest BCUT2D eigenvalue weighted by Crippen LogP contribution is -2.15. The van der Waals surface area contributed by atoms with Gasteiger partial charge in [0.15, 0.2) is 0 Å². The minimum atomic E-state index is 0.223. The highest BCUT2D eigenvalue weighted by Crippen LogP contribution is 2.21. The first-order chi connectivity index (χ1) is 6.56. The minimum Gasteiger partial charge on any atom is -0.381 e. The maximum absolute atomic E-state index is 5.25. The molecule has 0 fully saturated rings. The van der Waals surface area contributed by atoms with Crippen LogP contribution < -0.4 is 0 Å². The fraction of sp³-hybridized carbons (Fsp3) is 0.700. The van der Waals surface area contributed by atoms with Crippen molar-refractivity contribution < 1.29 is 4.74 Å². The summed E-state index contributed by atoms with van der Waals surface area (Å²) >= 11 is 3.50. The van der Waals surface area contributed by atoms with E-state index in [4.69, 9.17) is 4.74 Å². The van der Waals surface area contributed by atoms with Crippen LogP contribution in [0.2, 0.25) is 0 Å². The molecular formula is C10H17BrN2O. The van der Waals surface area contributed by atoms with Gasteiger partial charge in [-0.1, -0.05) is 0 Å². The molecule has 0 radical (unpaired) electrons. The summed E-state index contributed by atoms with van der Waals surface area (Å²) < 4.78 is 8.34. The van der Waals surface area contributed by atoms with Crippen molar-refractivity contribution in [3.8, 4) is 0 Å². The molecule has 3 nitrogen and oxygen atoms in total. The second-order valence-electron chi connectivity index (χ2n) is 3.73. The topological polar surface area (TPSA) is 27.1 Å². The van der Waals surface area contributed by atoms with Crippen LogP contribution in [-0.4, -0.2) is 23.0 Å². The first-order valence-electron chi connectivity index (χ1n) is 4.81. The second-order valence-corrected chi connectivity index (χ2v) is 4.58.